The molecule has 0 spiro atoms. The monoisotopic (exact) mass is 271 g/mol. The molecule has 98 valence electrons. The molecule has 0 unspecified atom stereocenters. The number of carbonyl (C=O) groups is 1. The lowest BCUT2D eigenvalue weighted by Gasteiger charge is -2.09. The van der Waals surface area contributed by atoms with Crippen LogP contribution in [0.1, 0.15) is 13.8 Å². The van der Waals surface area contributed by atoms with Crippen molar-refractivity contribution < 1.29 is 9.72 Å². The van der Waals surface area contributed by atoms with Gasteiger partial charge in [0.05, 0.1) is 4.92 Å². The van der Waals surface area contributed by atoms with Gasteiger partial charge in [0.25, 0.3) is 5.69 Å². The van der Waals surface area contributed by atoms with E-state index in [1.54, 1.807) is 0 Å². The second-order valence-electron chi connectivity index (χ2n) is 4.15. The number of urea groups is 1. The number of nitrogens with one attached hydrogen (secondary N) is 2. The lowest BCUT2D eigenvalue weighted by molar-refractivity contribution is -0.384. The van der Waals surface area contributed by atoms with Crippen LogP contribution in [0.2, 0.25) is 5.02 Å². The van der Waals surface area contributed by atoms with Gasteiger partial charge in [-0.25, -0.2) is 4.79 Å². The molecule has 0 saturated carbocycles. The SMILES string of the molecule is CC(C)CNC(=O)Nc1ccc(Cl)c([N+](=O)[O-])c1. The number of halogens is 1. The predicted molar refractivity (Wildman–Crippen MR) is 70.0 cm³/mol. The highest BCUT2D eigenvalue weighted by Crippen LogP contribution is 2.27. The number of benzene rings is 1. The lowest BCUT2D eigenvalue weighted by atomic mass is 10.2. The fraction of sp³-hybridized carbons (Fsp3) is 0.364. The third kappa shape index (κ3) is 4.21. The zero-order chi connectivity index (χ0) is 13.7. The van der Waals surface area contributed by atoms with Crippen molar-refractivity contribution in [1.29, 1.82) is 0 Å². The first-order valence-electron chi connectivity index (χ1n) is 5.39. The van der Waals surface area contributed by atoms with Crippen molar-refractivity contribution in [2.45, 2.75) is 13.8 Å². The van der Waals surface area contributed by atoms with Crippen molar-refractivity contribution >= 4 is 29.0 Å². The summed E-state index contributed by atoms with van der Waals surface area (Å²) in [6.07, 6.45) is 0. The van der Waals surface area contributed by atoms with E-state index in [4.69, 9.17) is 11.6 Å². The molecule has 0 heterocycles. The van der Waals surface area contributed by atoms with Crippen molar-refractivity contribution in [1.82, 2.24) is 5.32 Å². The minimum Gasteiger partial charge on any atom is -0.338 e. The molecule has 2 amide bonds. The molecule has 0 fully saturated rings. The molecule has 0 bridgehead atoms. The van der Waals surface area contributed by atoms with Crippen LogP contribution in [0, 0.1) is 16.0 Å². The average Bonchev–Trinajstić information content (AvgIpc) is 2.28. The molecule has 6 nitrogen and oxygen atoms in total. The highest BCUT2D eigenvalue weighted by molar-refractivity contribution is 6.32. The number of rotatable bonds is 4. The van der Waals surface area contributed by atoms with Gasteiger partial charge >= 0.3 is 6.03 Å². The summed E-state index contributed by atoms with van der Waals surface area (Å²) in [4.78, 5) is 21.5. The van der Waals surface area contributed by atoms with Gasteiger partial charge in [-0.15, -0.1) is 0 Å². The number of nitrogens with zero attached hydrogens (tertiary/aromatic N) is 1. The molecular weight excluding hydrogens is 258 g/mol. The second-order valence-corrected chi connectivity index (χ2v) is 4.56. The Bertz CT molecular complexity index is 463. The van der Waals surface area contributed by atoms with E-state index >= 15 is 0 Å². The van der Waals surface area contributed by atoms with E-state index in [2.05, 4.69) is 10.6 Å². The van der Waals surface area contributed by atoms with Crippen molar-refractivity contribution in [2.24, 2.45) is 5.92 Å². The fourth-order valence-corrected chi connectivity index (χ4v) is 1.39. The Morgan fingerprint density at radius 1 is 1.50 bits per heavy atom. The first-order valence-corrected chi connectivity index (χ1v) is 5.76. The minimum absolute atomic E-state index is 0.0353. The largest absolute Gasteiger partial charge is 0.338 e. The summed E-state index contributed by atoms with van der Waals surface area (Å²) in [6, 6.07) is 3.69. The molecule has 0 aliphatic carbocycles. The summed E-state index contributed by atoms with van der Waals surface area (Å²) in [6.45, 7) is 4.46. The number of nitro groups is 1. The topological polar surface area (TPSA) is 84.3 Å². The molecule has 0 aliphatic heterocycles. The Labute approximate surface area is 109 Å². The van der Waals surface area contributed by atoms with Gasteiger partial charge in [-0.1, -0.05) is 25.4 Å². The highest BCUT2D eigenvalue weighted by atomic mass is 35.5. The smallest absolute Gasteiger partial charge is 0.319 e. The molecule has 1 aromatic rings. The molecule has 7 heteroatoms. The van der Waals surface area contributed by atoms with Gasteiger partial charge in [0, 0.05) is 18.3 Å². The van der Waals surface area contributed by atoms with Crippen molar-refractivity contribution in [3.05, 3.63) is 33.3 Å². The minimum atomic E-state index is -0.598. The van der Waals surface area contributed by atoms with Gasteiger partial charge in [0.15, 0.2) is 0 Å². The van der Waals surface area contributed by atoms with Crippen molar-refractivity contribution in [3.8, 4) is 0 Å². The summed E-state index contributed by atoms with van der Waals surface area (Å²) in [5.74, 6) is 0.329. The number of hydrogen-bond acceptors (Lipinski definition) is 3. The molecular formula is C11H14ClN3O3. The Morgan fingerprint density at radius 3 is 2.72 bits per heavy atom. The van der Waals surface area contributed by atoms with Gasteiger partial charge in [-0.05, 0) is 18.1 Å². The third-order valence-corrected chi connectivity index (χ3v) is 2.39. The van der Waals surface area contributed by atoms with Crippen LogP contribution in [0.15, 0.2) is 18.2 Å². The van der Waals surface area contributed by atoms with Gasteiger partial charge in [0.1, 0.15) is 5.02 Å². The van der Waals surface area contributed by atoms with Crippen LogP contribution < -0.4 is 10.6 Å². The summed E-state index contributed by atoms with van der Waals surface area (Å²) in [5, 5.41) is 15.9. The third-order valence-electron chi connectivity index (χ3n) is 2.07. The molecule has 1 rings (SSSR count). The lowest BCUT2D eigenvalue weighted by Crippen LogP contribution is -2.31. The second kappa shape index (κ2) is 6.20. The van der Waals surface area contributed by atoms with Crippen molar-refractivity contribution in [3.63, 3.8) is 0 Å². The molecule has 0 aliphatic rings. The van der Waals surface area contributed by atoms with Crippen LogP contribution in [-0.2, 0) is 0 Å². The van der Waals surface area contributed by atoms with Crippen molar-refractivity contribution in [2.75, 3.05) is 11.9 Å². The highest BCUT2D eigenvalue weighted by Gasteiger charge is 2.13. The summed E-state index contributed by atoms with van der Waals surface area (Å²) in [7, 11) is 0. The predicted octanol–water partition coefficient (Wildman–Crippen LogP) is 3.03. The normalized spacial score (nSPS) is 10.2. The number of nitro benzene ring substituents is 1. The molecule has 0 saturated heterocycles. The first-order chi connectivity index (χ1) is 8.40. The summed E-state index contributed by atoms with van der Waals surface area (Å²) in [5.41, 5.74) is 0.0886. The van der Waals surface area contributed by atoms with Crippen LogP contribution in [-0.4, -0.2) is 17.5 Å². The Hall–Kier alpha value is -1.82. The molecule has 2 N–H and O–H groups in total. The molecule has 1 aromatic carbocycles. The van der Waals surface area contributed by atoms with E-state index in [9.17, 15) is 14.9 Å². The van der Waals surface area contributed by atoms with E-state index in [-0.39, 0.29) is 10.7 Å². The van der Waals surface area contributed by atoms with E-state index < -0.39 is 11.0 Å². The quantitative estimate of drug-likeness (QED) is 0.652. The van der Waals surface area contributed by atoms with Crippen LogP contribution in [0.25, 0.3) is 0 Å². The van der Waals surface area contributed by atoms with E-state index in [1.165, 1.54) is 18.2 Å². The van der Waals surface area contributed by atoms with Crippen LogP contribution in [0.3, 0.4) is 0 Å². The summed E-state index contributed by atoms with van der Waals surface area (Å²) >= 11 is 5.66. The molecule has 0 radical (unpaired) electrons. The number of amides is 2. The Balaban J connectivity index is 2.70. The van der Waals surface area contributed by atoms with Gasteiger partial charge < -0.3 is 10.6 Å². The van der Waals surface area contributed by atoms with E-state index in [0.29, 0.717) is 18.2 Å². The van der Waals surface area contributed by atoms with E-state index in [1.807, 2.05) is 13.8 Å². The number of carbonyl (C=O) groups excluding carboxylic acids is 1. The van der Waals surface area contributed by atoms with E-state index in [0.717, 1.165) is 0 Å². The number of hydrogen-bond donors (Lipinski definition) is 2. The Kier molecular flexibility index (Phi) is 4.91. The molecule has 0 atom stereocenters. The van der Waals surface area contributed by atoms with Crippen LogP contribution in [0.5, 0.6) is 0 Å². The van der Waals surface area contributed by atoms with Crippen LogP contribution >= 0.6 is 11.6 Å². The molecule has 18 heavy (non-hydrogen) atoms. The maximum absolute atomic E-state index is 11.5. The Morgan fingerprint density at radius 2 is 2.17 bits per heavy atom. The van der Waals surface area contributed by atoms with Gasteiger partial charge in [-0.2, -0.15) is 0 Å². The standard InChI is InChI=1S/C11H14ClN3O3/c1-7(2)6-13-11(16)14-8-3-4-9(12)10(5-8)15(17)18/h3-5,7H,6H2,1-2H3,(H2,13,14,16). The average molecular weight is 272 g/mol. The maximum atomic E-state index is 11.5. The first kappa shape index (κ1) is 14.2. The zero-order valence-electron chi connectivity index (χ0n) is 10.1. The fourth-order valence-electron chi connectivity index (χ4n) is 1.20. The summed E-state index contributed by atoms with van der Waals surface area (Å²) < 4.78 is 0. The maximum Gasteiger partial charge on any atom is 0.319 e. The van der Waals surface area contributed by atoms with Crippen LogP contribution in [0.4, 0.5) is 16.2 Å². The molecule has 0 aromatic heterocycles. The number of anilines is 1. The van der Waals surface area contributed by atoms with Gasteiger partial charge in [0.2, 0.25) is 0 Å². The van der Waals surface area contributed by atoms with Gasteiger partial charge in [-0.3, -0.25) is 10.1 Å². The zero-order valence-corrected chi connectivity index (χ0v) is 10.8.